The van der Waals surface area contributed by atoms with Gasteiger partial charge in [0.05, 0.1) is 31.2 Å². The zero-order valence-electron chi connectivity index (χ0n) is 28.5. The van der Waals surface area contributed by atoms with Crippen molar-refractivity contribution >= 4 is 45.7 Å². The van der Waals surface area contributed by atoms with E-state index in [9.17, 15) is 4.79 Å². The Morgan fingerprint density at radius 2 is 1.74 bits per heavy atom. The number of ether oxygens (including phenoxy) is 1. The van der Waals surface area contributed by atoms with E-state index in [-0.39, 0.29) is 50.4 Å². The van der Waals surface area contributed by atoms with E-state index < -0.39 is 0 Å². The summed E-state index contributed by atoms with van der Waals surface area (Å²) in [4.78, 5) is 32.5. The number of carbonyl (C=O) groups excluding carboxylic acids is 1. The van der Waals surface area contributed by atoms with Gasteiger partial charge >= 0.3 is 0 Å². The van der Waals surface area contributed by atoms with Crippen molar-refractivity contribution in [2.24, 2.45) is 0 Å². The van der Waals surface area contributed by atoms with Crippen molar-refractivity contribution in [3.05, 3.63) is 75.4 Å². The molecule has 8 bridgehead atoms. The van der Waals surface area contributed by atoms with Crippen LogP contribution in [0.15, 0.2) is 24.8 Å². The number of aromatic nitrogens is 4. The normalized spacial score (nSPS) is 15.8. The molecule has 5 heterocycles. The number of carbonyl (C=O) groups is 1. The van der Waals surface area contributed by atoms with Crippen LogP contribution >= 0.6 is 0 Å². The first-order valence-corrected chi connectivity index (χ1v) is 16.0. The Hall–Kier alpha value is -3.39. The number of aliphatic hydroxyl groups excluding tert-OH is 1. The summed E-state index contributed by atoms with van der Waals surface area (Å²) in [6.45, 7) is 18.2. The van der Waals surface area contributed by atoms with Gasteiger partial charge in [-0.3, -0.25) is 9.78 Å². The molecule has 0 fully saturated rings. The minimum Gasteiger partial charge on any atom is -0.394 e. The summed E-state index contributed by atoms with van der Waals surface area (Å²) in [6, 6.07) is 6.52. The van der Waals surface area contributed by atoms with E-state index in [0.29, 0.717) is 26.0 Å². The molecule has 2 aliphatic heterocycles. The Bertz CT molecular complexity index is 1820. The van der Waals surface area contributed by atoms with E-state index in [0.717, 1.165) is 73.5 Å². The van der Waals surface area contributed by atoms with Crippen LogP contribution in [0.3, 0.4) is 0 Å². The third-order valence-corrected chi connectivity index (χ3v) is 9.58. The molecule has 46 heavy (non-hydrogen) atoms. The number of nitrogens with zero attached hydrogens (tertiary/aromatic N) is 3. The van der Waals surface area contributed by atoms with E-state index >= 15 is 0 Å². The third-order valence-electron chi connectivity index (χ3n) is 9.58. The first-order chi connectivity index (χ1) is 21.6. The standard InChI is InChI=1S/C37H47N5O3.Zn/c1-9-26-23(5)32-20-35-27(10-2)22(4)31(39-35)19-33-24(6)28(11-12-36(44)42(8)13-15-45-16-14-43)37(41-33)25(7)30-17-21(3)29(38-30)18-34(26)40-32;/h10,17-20,24,28,39-40,43H,2,9,11-16H2,1,3-8H3;/t24-,28-;/m0./s1. The van der Waals surface area contributed by atoms with Crippen LogP contribution in [-0.2, 0) is 35.4 Å². The first-order valence-electron chi connectivity index (χ1n) is 16.0. The zero-order chi connectivity index (χ0) is 32.4. The summed E-state index contributed by atoms with van der Waals surface area (Å²) in [7, 11) is 1.81. The Morgan fingerprint density at radius 3 is 2.43 bits per heavy atom. The predicted molar refractivity (Wildman–Crippen MR) is 184 cm³/mol. The molecular formula is C37H47N5O3Zn. The number of likely N-dealkylation sites (N-methyl/N-ethyl adjacent to an activating group) is 1. The number of fused-ring (bicyclic) bond motifs is 8. The quantitative estimate of drug-likeness (QED) is 0.157. The molecule has 0 saturated carbocycles. The van der Waals surface area contributed by atoms with Gasteiger partial charge in [-0.15, -0.1) is 0 Å². The summed E-state index contributed by atoms with van der Waals surface area (Å²) >= 11 is 0. The molecule has 0 saturated heterocycles. The van der Waals surface area contributed by atoms with Gasteiger partial charge in [-0.25, -0.2) is 4.98 Å². The number of aromatic amines is 2. The van der Waals surface area contributed by atoms with E-state index in [4.69, 9.17) is 19.8 Å². The summed E-state index contributed by atoms with van der Waals surface area (Å²) in [5.41, 5.74) is 14.9. The van der Waals surface area contributed by atoms with Crippen LogP contribution in [0.4, 0.5) is 0 Å². The van der Waals surface area contributed by atoms with Crippen molar-refractivity contribution in [1.82, 2.24) is 24.8 Å². The molecule has 1 amide bonds. The van der Waals surface area contributed by atoms with Crippen LogP contribution in [0.2, 0.25) is 0 Å². The number of aryl methyl sites for hydroxylation is 3. The largest absolute Gasteiger partial charge is 0.394 e. The van der Waals surface area contributed by atoms with Crippen molar-refractivity contribution in [3.8, 4) is 0 Å². The number of hydrogen-bond acceptors (Lipinski definition) is 5. The van der Waals surface area contributed by atoms with Crippen LogP contribution in [0.1, 0.15) is 96.0 Å². The second kappa shape index (κ2) is 15.0. The summed E-state index contributed by atoms with van der Waals surface area (Å²) in [5.74, 6) is 0.255. The van der Waals surface area contributed by atoms with Gasteiger partial charge in [0.15, 0.2) is 0 Å². The smallest absolute Gasteiger partial charge is 0.222 e. The fourth-order valence-corrected chi connectivity index (χ4v) is 6.65. The maximum absolute atomic E-state index is 13.1. The number of hydrogen-bond donors (Lipinski definition) is 3. The van der Waals surface area contributed by atoms with Crippen LogP contribution in [0.25, 0.3) is 39.8 Å². The molecule has 0 spiro atoms. The second-order valence-electron chi connectivity index (χ2n) is 12.4. The molecule has 240 valence electrons. The molecule has 3 aromatic rings. The Morgan fingerprint density at radius 1 is 1.02 bits per heavy atom. The maximum Gasteiger partial charge on any atom is 0.222 e. The summed E-state index contributed by atoms with van der Waals surface area (Å²) < 4.78 is 5.37. The summed E-state index contributed by atoms with van der Waals surface area (Å²) in [6.07, 6.45) is 6.08. The van der Waals surface area contributed by atoms with Crippen LogP contribution in [0.5, 0.6) is 0 Å². The number of nitrogens with one attached hydrogen (secondary N) is 2. The van der Waals surface area contributed by atoms with Gasteiger partial charge in [-0.05, 0) is 92.6 Å². The molecule has 5 rings (SSSR count). The fourth-order valence-electron chi connectivity index (χ4n) is 6.65. The molecule has 3 N–H and O–H groups in total. The van der Waals surface area contributed by atoms with Gasteiger partial charge in [-0.2, -0.15) is 0 Å². The zero-order valence-corrected chi connectivity index (χ0v) is 31.5. The number of aliphatic hydroxyl groups is 1. The van der Waals surface area contributed by atoms with Crippen molar-refractivity contribution in [2.45, 2.75) is 72.6 Å². The SMILES string of the molecule is C=Cc1c(C)c2cc3nc(c(C)c4nc(cc5[nH]c(cc1[nH]2)c(C)c5CC)C(C)=C4)[C@@H](CCC(=O)N(C)CCOCCO)[C@@H]3C.[Zn]. The Labute approximate surface area is 285 Å². The number of rotatable bonds is 10. The number of amides is 1. The van der Waals surface area contributed by atoms with Crippen molar-refractivity contribution in [1.29, 1.82) is 0 Å². The van der Waals surface area contributed by atoms with Crippen molar-refractivity contribution in [3.63, 3.8) is 0 Å². The van der Waals surface area contributed by atoms with Gasteiger partial charge in [0.25, 0.3) is 0 Å². The Balaban J connectivity index is 0.00000480. The first kappa shape index (κ1) is 35.5. The van der Waals surface area contributed by atoms with Crippen molar-refractivity contribution in [2.75, 3.05) is 33.4 Å². The molecule has 0 unspecified atom stereocenters. The Kier molecular flexibility index (Phi) is 11.6. The van der Waals surface area contributed by atoms with Crippen molar-refractivity contribution < 1.29 is 34.1 Å². The molecule has 0 aromatic carbocycles. The number of H-pyrrole nitrogens is 2. The van der Waals surface area contributed by atoms with E-state index in [1.807, 2.05) is 6.08 Å². The van der Waals surface area contributed by atoms with E-state index in [1.54, 1.807) is 11.9 Å². The molecule has 3 aromatic heterocycles. The van der Waals surface area contributed by atoms with Gasteiger partial charge < -0.3 is 24.7 Å². The van der Waals surface area contributed by atoms with Gasteiger partial charge in [-0.1, -0.05) is 26.5 Å². The maximum atomic E-state index is 13.1. The van der Waals surface area contributed by atoms with Crippen LogP contribution < -0.4 is 0 Å². The van der Waals surface area contributed by atoms with Gasteiger partial charge in [0, 0.05) is 90.3 Å². The number of allylic oxidation sites excluding steroid dienone is 1. The molecule has 2 aliphatic rings. The second-order valence-corrected chi connectivity index (χ2v) is 12.4. The molecule has 0 radical (unpaired) electrons. The molecule has 2 atom stereocenters. The summed E-state index contributed by atoms with van der Waals surface area (Å²) in [5, 5.41) is 8.95. The minimum atomic E-state index is -0.0227. The van der Waals surface area contributed by atoms with Gasteiger partial charge in [0.2, 0.25) is 5.91 Å². The molecule has 9 heteroatoms. The predicted octanol–water partition coefficient (Wildman–Crippen LogP) is 7.14. The third kappa shape index (κ3) is 6.97. The van der Waals surface area contributed by atoms with Gasteiger partial charge in [0.1, 0.15) is 0 Å². The fraction of sp³-hybridized carbons (Fsp3) is 0.432. The molecule has 0 aliphatic carbocycles. The monoisotopic (exact) mass is 673 g/mol. The van der Waals surface area contributed by atoms with Crippen LogP contribution in [0, 0.1) is 20.8 Å². The van der Waals surface area contributed by atoms with E-state index in [2.05, 4.69) is 82.4 Å². The van der Waals surface area contributed by atoms with Crippen LogP contribution in [-0.4, -0.2) is 69.3 Å². The molecular weight excluding hydrogens is 628 g/mol. The average molecular weight is 675 g/mol. The van der Waals surface area contributed by atoms with E-state index in [1.165, 1.54) is 11.1 Å². The molecule has 8 nitrogen and oxygen atoms in total. The topological polar surface area (TPSA) is 107 Å². The average Bonchev–Trinajstić information content (AvgIpc) is 3.72. The minimum absolute atomic E-state index is 0.